The van der Waals surface area contributed by atoms with Crippen molar-refractivity contribution in [3.63, 3.8) is 0 Å². The smallest absolute Gasteiger partial charge is 0.0406 e. The summed E-state index contributed by atoms with van der Waals surface area (Å²) in [6.45, 7) is 0. The summed E-state index contributed by atoms with van der Waals surface area (Å²) in [5, 5.41) is 1.53. The SMILES string of the molecule is Clc1ccc(-c2ccc(-c3ccc(-c4ccc(-c5ccc(Cl)cc5)s4)cc3)s2)cc1. The molecule has 2 heterocycles. The van der Waals surface area contributed by atoms with E-state index in [-0.39, 0.29) is 0 Å². The van der Waals surface area contributed by atoms with Gasteiger partial charge in [-0.15, -0.1) is 22.7 Å². The second kappa shape index (κ2) is 8.41. The molecule has 0 amide bonds. The topological polar surface area (TPSA) is 0 Å². The molecular weight excluding hydrogens is 447 g/mol. The average molecular weight is 463 g/mol. The van der Waals surface area contributed by atoms with Gasteiger partial charge in [-0.1, -0.05) is 71.7 Å². The molecule has 2 aromatic heterocycles. The lowest BCUT2D eigenvalue weighted by atomic mass is 10.1. The first-order valence-corrected chi connectivity index (χ1v) is 11.9. The first-order valence-electron chi connectivity index (χ1n) is 9.48. The van der Waals surface area contributed by atoms with Gasteiger partial charge in [0.05, 0.1) is 0 Å². The van der Waals surface area contributed by atoms with Crippen LogP contribution >= 0.6 is 45.9 Å². The molecule has 4 heteroatoms. The Labute approximate surface area is 194 Å². The highest BCUT2D eigenvalue weighted by molar-refractivity contribution is 7.19. The molecule has 0 radical (unpaired) electrons. The molecule has 5 aromatic rings. The van der Waals surface area contributed by atoms with E-state index in [1.807, 2.05) is 24.3 Å². The minimum atomic E-state index is 0.763. The summed E-state index contributed by atoms with van der Waals surface area (Å²) in [5.74, 6) is 0. The lowest BCUT2D eigenvalue weighted by Gasteiger charge is -2.02. The molecule has 0 aliphatic carbocycles. The molecule has 5 rings (SSSR count). The molecule has 0 aliphatic rings. The number of benzene rings is 3. The number of hydrogen-bond donors (Lipinski definition) is 0. The van der Waals surface area contributed by atoms with Crippen LogP contribution in [0.25, 0.3) is 41.8 Å². The van der Waals surface area contributed by atoms with Gasteiger partial charge < -0.3 is 0 Å². The van der Waals surface area contributed by atoms with Crippen LogP contribution in [-0.4, -0.2) is 0 Å². The Morgan fingerprint density at radius 1 is 0.333 bits per heavy atom. The molecule has 0 fully saturated rings. The molecule has 0 saturated heterocycles. The third-order valence-electron chi connectivity index (χ3n) is 4.92. The van der Waals surface area contributed by atoms with E-state index in [0.717, 1.165) is 10.0 Å². The van der Waals surface area contributed by atoms with Crippen molar-refractivity contribution >= 4 is 45.9 Å². The van der Waals surface area contributed by atoms with E-state index in [2.05, 4.69) is 72.8 Å². The van der Waals surface area contributed by atoms with Crippen molar-refractivity contribution in [1.82, 2.24) is 0 Å². The quantitative estimate of drug-likeness (QED) is 0.249. The normalized spacial score (nSPS) is 11.0. The Bertz CT molecular complexity index is 1180. The van der Waals surface area contributed by atoms with Gasteiger partial charge in [0.25, 0.3) is 0 Å². The Morgan fingerprint density at radius 3 is 0.833 bits per heavy atom. The molecule has 0 aliphatic heterocycles. The van der Waals surface area contributed by atoms with Crippen LogP contribution < -0.4 is 0 Å². The number of thiophene rings is 2. The third kappa shape index (κ3) is 4.10. The fraction of sp³-hybridized carbons (Fsp3) is 0. The molecule has 0 atom stereocenters. The van der Waals surface area contributed by atoms with Crippen LogP contribution in [0.3, 0.4) is 0 Å². The van der Waals surface area contributed by atoms with Crippen LogP contribution in [0.1, 0.15) is 0 Å². The van der Waals surface area contributed by atoms with Gasteiger partial charge in [-0.2, -0.15) is 0 Å². The first-order chi connectivity index (χ1) is 14.7. The van der Waals surface area contributed by atoms with Crippen molar-refractivity contribution in [2.24, 2.45) is 0 Å². The van der Waals surface area contributed by atoms with Crippen LogP contribution in [0, 0.1) is 0 Å². The summed E-state index contributed by atoms with van der Waals surface area (Å²) in [6.07, 6.45) is 0. The Morgan fingerprint density at radius 2 is 0.567 bits per heavy atom. The highest BCUT2D eigenvalue weighted by Gasteiger charge is 2.08. The molecule has 146 valence electrons. The van der Waals surface area contributed by atoms with Gasteiger partial charge in [-0.05, 0) is 70.8 Å². The fourth-order valence-corrected chi connectivity index (χ4v) is 5.61. The second-order valence-corrected chi connectivity index (χ2v) is 9.96. The maximum Gasteiger partial charge on any atom is 0.0406 e. The van der Waals surface area contributed by atoms with Gasteiger partial charge in [-0.3, -0.25) is 0 Å². The van der Waals surface area contributed by atoms with Crippen molar-refractivity contribution in [3.8, 4) is 41.8 Å². The largest absolute Gasteiger partial charge is 0.135 e. The molecule has 0 N–H and O–H groups in total. The van der Waals surface area contributed by atoms with Gasteiger partial charge in [0, 0.05) is 29.6 Å². The Balaban J connectivity index is 1.37. The van der Waals surface area contributed by atoms with Gasteiger partial charge in [-0.25, -0.2) is 0 Å². The molecule has 0 nitrogen and oxygen atoms in total. The zero-order valence-electron chi connectivity index (χ0n) is 15.8. The van der Waals surface area contributed by atoms with Gasteiger partial charge in [0.2, 0.25) is 0 Å². The number of rotatable bonds is 4. The monoisotopic (exact) mass is 462 g/mol. The van der Waals surface area contributed by atoms with Gasteiger partial charge in [0.15, 0.2) is 0 Å². The molecule has 0 spiro atoms. The van der Waals surface area contributed by atoms with E-state index >= 15 is 0 Å². The highest BCUT2D eigenvalue weighted by atomic mass is 35.5. The standard InChI is InChI=1S/C26H16Cl2S2/c27-21-9-5-19(6-10-21)25-15-13-23(29-25)17-1-2-18(4-3-17)24-14-16-26(30-24)20-7-11-22(28)12-8-20/h1-16H. The lowest BCUT2D eigenvalue weighted by Crippen LogP contribution is -1.74. The lowest BCUT2D eigenvalue weighted by molar-refractivity contribution is 1.68. The summed E-state index contributed by atoms with van der Waals surface area (Å²) in [4.78, 5) is 5.02. The Kier molecular flexibility index (Phi) is 5.49. The molecule has 0 saturated carbocycles. The summed E-state index contributed by atoms with van der Waals surface area (Å²) >= 11 is 15.6. The predicted octanol–water partition coefficient (Wildman–Crippen LogP) is 9.78. The maximum atomic E-state index is 6.01. The highest BCUT2D eigenvalue weighted by Crippen LogP contribution is 2.38. The minimum absolute atomic E-state index is 0.763. The first kappa shape index (κ1) is 19.6. The summed E-state index contributed by atoms with van der Waals surface area (Å²) in [7, 11) is 0. The van der Waals surface area contributed by atoms with E-state index in [1.165, 1.54) is 41.8 Å². The molecular formula is C26H16Cl2S2. The molecule has 30 heavy (non-hydrogen) atoms. The van der Waals surface area contributed by atoms with Crippen LogP contribution in [0.5, 0.6) is 0 Å². The van der Waals surface area contributed by atoms with E-state index < -0.39 is 0 Å². The second-order valence-electron chi connectivity index (χ2n) is 6.92. The Hall–Kier alpha value is -2.36. The van der Waals surface area contributed by atoms with E-state index in [9.17, 15) is 0 Å². The van der Waals surface area contributed by atoms with Crippen LogP contribution in [0.4, 0.5) is 0 Å². The third-order valence-corrected chi connectivity index (χ3v) is 7.79. The van der Waals surface area contributed by atoms with E-state index in [4.69, 9.17) is 23.2 Å². The predicted molar refractivity (Wildman–Crippen MR) is 134 cm³/mol. The minimum Gasteiger partial charge on any atom is -0.135 e. The average Bonchev–Trinajstić information content (AvgIpc) is 3.45. The molecule has 0 bridgehead atoms. The van der Waals surface area contributed by atoms with E-state index in [1.54, 1.807) is 22.7 Å². The zero-order valence-corrected chi connectivity index (χ0v) is 19.0. The fourth-order valence-electron chi connectivity index (χ4n) is 3.32. The van der Waals surface area contributed by atoms with Crippen LogP contribution in [0.15, 0.2) is 97.1 Å². The van der Waals surface area contributed by atoms with Gasteiger partial charge >= 0.3 is 0 Å². The van der Waals surface area contributed by atoms with Crippen LogP contribution in [-0.2, 0) is 0 Å². The van der Waals surface area contributed by atoms with Crippen molar-refractivity contribution in [3.05, 3.63) is 107 Å². The van der Waals surface area contributed by atoms with E-state index in [0.29, 0.717) is 0 Å². The maximum absolute atomic E-state index is 6.01. The zero-order chi connectivity index (χ0) is 20.5. The van der Waals surface area contributed by atoms with Crippen molar-refractivity contribution < 1.29 is 0 Å². The number of halogens is 2. The summed E-state index contributed by atoms with van der Waals surface area (Å²) in [6, 6.07) is 33.5. The molecule has 3 aromatic carbocycles. The summed E-state index contributed by atoms with van der Waals surface area (Å²) < 4.78 is 0. The van der Waals surface area contributed by atoms with Crippen molar-refractivity contribution in [2.75, 3.05) is 0 Å². The van der Waals surface area contributed by atoms with Crippen LogP contribution in [0.2, 0.25) is 10.0 Å². The van der Waals surface area contributed by atoms with Crippen molar-refractivity contribution in [1.29, 1.82) is 0 Å². The number of hydrogen-bond acceptors (Lipinski definition) is 2. The summed E-state index contributed by atoms with van der Waals surface area (Å²) in [5.41, 5.74) is 4.86. The molecule has 0 unspecified atom stereocenters. The van der Waals surface area contributed by atoms with Crippen molar-refractivity contribution in [2.45, 2.75) is 0 Å². The van der Waals surface area contributed by atoms with Gasteiger partial charge in [0.1, 0.15) is 0 Å².